The van der Waals surface area contributed by atoms with Crippen LogP contribution >= 0.6 is 15.9 Å². The topological polar surface area (TPSA) is 24.9 Å². The highest BCUT2D eigenvalue weighted by Crippen LogP contribution is 2.06. The van der Waals surface area contributed by atoms with Gasteiger partial charge in [-0.15, -0.1) is 6.42 Å². The Morgan fingerprint density at radius 2 is 2.40 bits per heavy atom. The van der Waals surface area contributed by atoms with Gasteiger partial charge in [-0.3, -0.25) is 5.32 Å². The lowest BCUT2D eigenvalue weighted by molar-refractivity contribution is 0.557. The summed E-state index contributed by atoms with van der Waals surface area (Å²) < 4.78 is 0.856. The molecule has 1 N–H and O–H groups in total. The van der Waals surface area contributed by atoms with Crippen LogP contribution in [-0.2, 0) is 6.54 Å². The second-order valence-electron chi connectivity index (χ2n) is 3.34. The van der Waals surface area contributed by atoms with Gasteiger partial charge in [0.1, 0.15) is 4.60 Å². The van der Waals surface area contributed by atoms with Crippen LogP contribution in [0.3, 0.4) is 0 Å². The van der Waals surface area contributed by atoms with Crippen LogP contribution in [0.15, 0.2) is 22.8 Å². The quantitative estimate of drug-likeness (QED) is 0.655. The molecule has 0 saturated carbocycles. The lowest BCUT2D eigenvalue weighted by Gasteiger charge is -2.11. The van der Waals surface area contributed by atoms with Crippen LogP contribution in [0.5, 0.6) is 0 Å². The first-order valence-corrected chi connectivity index (χ1v) is 5.86. The zero-order valence-corrected chi connectivity index (χ0v) is 10.4. The summed E-state index contributed by atoms with van der Waals surface area (Å²) in [6.07, 6.45) is 7.51. The minimum atomic E-state index is 0.149. The van der Waals surface area contributed by atoms with E-state index in [0.717, 1.165) is 23.1 Å². The van der Waals surface area contributed by atoms with Crippen molar-refractivity contribution in [2.45, 2.75) is 32.4 Å². The smallest absolute Gasteiger partial charge is 0.106 e. The molecule has 0 aliphatic carbocycles. The van der Waals surface area contributed by atoms with Crippen molar-refractivity contribution in [3.05, 3.63) is 28.5 Å². The normalized spacial score (nSPS) is 12.1. The molecule has 80 valence electrons. The number of rotatable bonds is 5. The van der Waals surface area contributed by atoms with Crippen molar-refractivity contribution in [1.82, 2.24) is 10.3 Å². The molecule has 0 radical (unpaired) electrons. The number of aromatic nitrogens is 1. The lowest BCUT2D eigenvalue weighted by atomic mass is 10.2. The minimum Gasteiger partial charge on any atom is -0.298 e. The summed E-state index contributed by atoms with van der Waals surface area (Å²) in [5.74, 6) is 2.74. The fourth-order valence-electron chi connectivity index (χ4n) is 1.31. The first kappa shape index (κ1) is 12.2. The Morgan fingerprint density at radius 3 is 3.00 bits per heavy atom. The lowest BCUT2D eigenvalue weighted by Crippen LogP contribution is -2.27. The van der Waals surface area contributed by atoms with Crippen LogP contribution < -0.4 is 5.32 Å². The number of pyridine rings is 1. The molecular weight excluding hydrogens is 252 g/mol. The fraction of sp³-hybridized carbons (Fsp3) is 0.417. The summed E-state index contributed by atoms with van der Waals surface area (Å²) in [5.41, 5.74) is 1.00. The van der Waals surface area contributed by atoms with Crippen LogP contribution in [0.1, 0.15) is 25.5 Å². The van der Waals surface area contributed by atoms with E-state index in [-0.39, 0.29) is 6.04 Å². The Balaban J connectivity index is 2.46. The van der Waals surface area contributed by atoms with Gasteiger partial charge in [0.25, 0.3) is 0 Å². The fourth-order valence-corrected chi connectivity index (χ4v) is 1.69. The van der Waals surface area contributed by atoms with E-state index < -0.39 is 0 Å². The Morgan fingerprint density at radius 1 is 1.60 bits per heavy atom. The van der Waals surface area contributed by atoms with Gasteiger partial charge in [-0.2, -0.15) is 0 Å². The van der Waals surface area contributed by atoms with Crippen molar-refractivity contribution < 1.29 is 0 Å². The third-order valence-corrected chi connectivity index (χ3v) is 2.52. The third-order valence-electron chi connectivity index (χ3n) is 2.08. The van der Waals surface area contributed by atoms with Crippen LogP contribution in [0.25, 0.3) is 0 Å². The van der Waals surface area contributed by atoms with E-state index in [1.807, 2.05) is 18.2 Å². The number of hydrogen-bond acceptors (Lipinski definition) is 2. The van der Waals surface area contributed by atoms with Crippen molar-refractivity contribution in [3.63, 3.8) is 0 Å². The third kappa shape index (κ3) is 4.46. The summed E-state index contributed by atoms with van der Waals surface area (Å²) in [6, 6.07) is 6.01. The van der Waals surface area contributed by atoms with Crippen LogP contribution in [0.4, 0.5) is 0 Å². The molecule has 15 heavy (non-hydrogen) atoms. The van der Waals surface area contributed by atoms with Crippen molar-refractivity contribution in [1.29, 1.82) is 0 Å². The molecule has 0 bridgehead atoms. The van der Waals surface area contributed by atoms with Crippen LogP contribution in [0.2, 0.25) is 0 Å². The van der Waals surface area contributed by atoms with Crippen molar-refractivity contribution >= 4 is 15.9 Å². The molecule has 1 heterocycles. The molecule has 0 fully saturated rings. The Bertz CT molecular complexity index is 344. The zero-order chi connectivity index (χ0) is 11.1. The standard InChI is InChI=1S/C12H15BrN2/c1-3-6-10(4-2)14-9-11-7-5-8-12(13)15-11/h2,5,7-8,10,14H,3,6,9H2,1H3. The molecule has 0 amide bonds. The van der Waals surface area contributed by atoms with Gasteiger partial charge in [-0.1, -0.05) is 25.3 Å². The van der Waals surface area contributed by atoms with Gasteiger partial charge < -0.3 is 0 Å². The van der Waals surface area contributed by atoms with Crippen LogP contribution in [0, 0.1) is 12.3 Å². The molecule has 0 saturated heterocycles. The molecule has 1 aromatic heterocycles. The van der Waals surface area contributed by atoms with Gasteiger partial charge in [-0.25, -0.2) is 4.98 Å². The largest absolute Gasteiger partial charge is 0.298 e. The number of nitrogens with zero attached hydrogens (tertiary/aromatic N) is 1. The molecule has 1 rings (SSSR count). The van der Waals surface area contributed by atoms with E-state index in [2.05, 4.69) is 39.1 Å². The summed E-state index contributed by atoms with van der Waals surface area (Å²) in [6.45, 7) is 2.84. The van der Waals surface area contributed by atoms with E-state index in [0.29, 0.717) is 6.54 Å². The van der Waals surface area contributed by atoms with Gasteiger partial charge in [-0.05, 0) is 34.5 Å². The first-order valence-electron chi connectivity index (χ1n) is 5.07. The summed E-state index contributed by atoms with van der Waals surface area (Å²) in [7, 11) is 0. The van der Waals surface area contributed by atoms with Crippen molar-refractivity contribution in [2.24, 2.45) is 0 Å². The average Bonchev–Trinajstić information content (AvgIpc) is 2.24. The summed E-state index contributed by atoms with van der Waals surface area (Å²) >= 11 is 3.34. The predicted octanol–water partition coefficient (Wildman–Crippen LogP) is 2.74. The highest BCUT2D eigenvalue weighted by atomic mass is 79.9. The maximum absolute atomic E-state index is 5.41. The van der Waals surface area contributed by atoms with E-state index in [1.54, 1.807) is 0 Å². The van der Waals surface area contributed by atoms with Gasteiger partial charge in [0, 0.05) is 6.54 Å². The molecule has 0 aliphatic heterocycles. The average molecular weight is 267 g/mol. The number of nitrogens with one attached hydrogen (secondary N) is 1. The van der Waals surface area contributed by atoms with Crippen molar-refractivity contribution in [2.75, 3.05) is 0 Å². The maximum Gasteiger partial charge on any atom is 0.106 e. The molecule has 1 unspecified atom stereocenters. The zero-order valence-electron chi connectivity index (χ0n) is 8.83. The number of terminal acetylenes is 1. The number of hydrogen-bond donors (Lipinski definition) is 1. The highest BCUT2D eigenvalue weighted by Gasteiger charge is 2.03. The Hall–Kier alpha value is -0.850. The van der Waals surface area contributed by atoms with E-state index in [1.165, 1.54) is 0 Å². The second kappa shape index (κ2) is 6.60. The monoisotopic (exact) mass is 266 g/mol. The van der Waals surface area contributed by atoms with Gasteiger partial charge in [0.2, 0.25) is 0 Å². The van der Waals surface area contributed by atoms with E-state index in [4.69, 9.17) is 6.42 Å². The van der Waals surface area contributed by atoms with Gasteiger partial charge in [0.05, 0.1) is 11.7 Å². The minimum absolute atomic E-state index is 0.149. The number of halogens is 1. The van der Waals surface area contributed by atoms with Gasteiger partial charge in [0.15, 0.2) is 0 Å². The molecule has 1 aromatic rings. The van der Waals surface area contributed by atoms with E-state index in [9.17, 15) is 0 Å². The summed E-state index contributed by atoms with van der Waals surface area (Å²) in [4.78, 5) is 4.33. The molecule has 2 nitrogen and oxygen atoms in total. The molecule has 0 spiro atoms. The SMILES string of the molecule is C#CC(CCC)NCc1cccc(Br)n1. The highest BCUT2D eigenvalue weighted by molar-refractivity contribution is 9.10. The molecule has 0 aliphatic rings. The maximum atomic E-state index is 5.41. The second-order valence-corrected chi connectivity index (χ2v) is 4.15. The first-order chi connectivity index (χ1) is 7.26. The molecular formula is C12H15BrN2. The predicted molar refractivity (Wildman–Crippen MR) is 66.3 cm³/mol. The van der Waals surface area contributed by atoms with Crippen molar-refractivity contribution in [3.8, 4) is 12.3 Å². The molecule has 3 heteroatoms. The molecule has 0 aromatic carbocycles. The van der Waals surface area contributed by atoms with Gasteiger partial charge >= 0.3 is 0 Å². The summed E-state index contributed by atoms with van der Waals surface area (Å²) in [5, 5.41) is 3.29. The van der Waals surface area contributed by atoms with E-state index >= 15 is 0 Å². The van der Waals surface area contributed by atoms with Crippen LogP contribution in [-0.4, -0.2) is 11.0 Å². The molecule has 1 atom stereocenters. The Labute approximate surface area is 99.6 Å². The Kier molecular flexibility index (Phi) is 5.38.